The van der Waals surface area contributed by atoms with E-state index in [1.165, 1.54) is 0 Å². The Morgan fingerprint density at radius 3 is 1.85 bits per heavy atom. The smallest absolute Gasteiger partial charge is 0.137 e. The number of para-hydroxylation sites is 4. The van der Waals surface area contributed by atoms with Crippen molar-refractivity contribution in [1.82, 2.24) is 9.55 Å². The van der Waals surface area contributed by atoms with Gasteiger partial charge < -0.3 is 14.5 Å². The van der Waals surface area contributed by atoms with E-state index in [2.05, 4.69) is 69.5 Å². The van der Waals surface area contributed by atoms with Crippen LogP contribution in [0.25, 0.3) is 49.9 Å². The van der Waals surface area contributed by atoms with E-state index in [-0.39, 0.29) is 53.1 Å². The normalized spacial score (nSPS) is 14.6. The fraction of sp³-hybridized carbons (Fsp3) is 0.161. The molecule has 1 aliphatic heterocycles. The number of pyridine rings is 1. The van der Waals surface area contributed by atoms with Crippen molar-refractivity contribution in [3.8, 4) is 39.6 Å². The minimum Gasteiger partial charge on any atom is -0.457 e. The molecule has 0 N–H and O–H groups in total. The van der Waals surface area contributed by atoms with Crippen LogP contribution in [0, 0.1) is 0 Å². The number of anilines is 4. The molecule has 0 saturated carbocycles. The van der Waals surface area contributed by atoms with Crippen LogP contribution in [-0.2, 0) is 10.8 Å². The zero-order valence-electron chi connectivity index (χ0n) is 42.2. The first kappa shape index (κ1) is 30.9. The summed E-state index contributed by atoms with van der Waals surface area (Å²) in [5.41, 5.74) is 8.60. The summed E-state index contributed by atoms with van der Waals surface area (Å²) in [5, 5.41) is 1.06. The molecule has 5 nitrogen and oxygen atoms in total. The van der Waals surface area contributed by atoms with E-state index in [0.717, 1.165) is 39.3 Å². The van der Waals surface area contributed by atoms with Crippen molar-refractivity contribution in [3.05, 3.63) is 193 Å². The van der Waals surface area contributed by atoms with E-state index >= 15 is 0 Å². The molecule has 0 radical (unpaired) electrons. The molecule has 61 heavy (non-hydrogen) atoms. The lowest BCUT2D eigenvalue weighted by Gasteiger charge is -2.28. The molecule has 0 amide bonds. The molecule has 3 heterocycles. The topological polar surface area (TPSA) is 33.5 Å². The lowest BCUT2D eigenvalue weighted by molar-refractivity contribution is 0.479. The van der Waals surface area contributed by atoms with Gasteiger partial charge in [-0.1, -0.05) is 151 Å². The second kappa shape index (κ2) is 14.9. The van der Waals surface area contributed by atoms with E-state index in [1.54, 1.807) is 6.20 Å². The van der Waals surface area contributed by atoms with E-state index in [0.29, 0.717) is 62.6 Å². The lowest BCUT2D eigenvalue weighted by Crippen LogP contribution is -2.25. The van der Waals surface area contributed by atoms with E-state index in [1.807, 2.05) is 120 Å². The van der Waals surface area contributed by atoms with Crippen LogP contribution in [-0.4, -0.2) is 16.2 Å². The van der Waals surface area contributed by atoms with Crippen molar-refractivity contribution in [2.24, 2.45) is 0 Å². The summed E-state index contributed by atoms with van der Waals surface area (Å²) < 4.78 is 71.9. The van der Waals surface area contributed by atoms with Crippen LogP contribution in [0.4, 0.5) is 22.7 Å². The van der Waals surface area contributed by atoms with Gasteiger partial charge in [-0.25, -0.2) is 4.98 Å². The summed E-state index contributed by atoms with van der Waals surface area (Å²) in [6.07, 6.45) is 1.74. The third-order valence-corrected chi connectivity index (χ3v) is 11.5. The third-order valence-electron chi connectivity index (χ3n) is 11.5. The monoisotopic (exact) mass is 801 g/mol. The number of ether oxygens (including phenoxy) is 1. The minimum absolute atomic E-state index is 0.0101. The van der Waals surface area contributed by atoms with Crippen molar-refractivity contribution >= 4 is 44.6 Å². The summed E-state index contributed by atoms with van der Waals surface area (Å²) in [6, 6.07) is 42.3. The Bertz CT molecular complexity index is 3400. The molecular weight excluding hydrogens is 745 g/mol. The van der Waals surface area contributed by atoms with Gasteiger partial charge in [-0.2, -0.15) is 0 Å². The number of fused-ring (bicyclic) bond motifs is 4. The zero-order valence-corrected chi connectivity index (χ0v) is 35.2. The number of nitrogens with zero attached hydrogens (tertiary/aromatic N) is 4. The Kier molecular flexibility index (Phi) is 7.52. The SMILES string of the molecule is [2H]c1c([2H])c(-c2ccccc2)c(N2CN(c3cc(Oc4ccc5c6c([2H])c([2H])c([2H])c([2H])c6n(-c6cc(C(C)(C)C)ccn6)c5c4)cc(C(C)(C)C)c3)c3ccccc32)c(-c2ccccc2)c1[2H]. The van der Waals surface area contributed by atoms with E-state index < -0.39 is 0 Å². The molecule has 10 rings (SSSR count). The van der Waals surface area contributed by atoms with Gasteiger partial charge in [-0.05, 0) is 87.7 Å². The number of hydrogen-bond donors (Lipinski definition) is 0. The molecule has 0 aliphatic carbocycles. The Morgan fingerprint density at radius 1 is 0.541 bits per heavy atom. The van der Waals surface area contributed by atoms with Crippen molar-refractivity contribution in [3.63, 3.8) is 0 Å². The Hall–Kier alpha value is -7.11. The Balaban J connectivity index is 1.13. The Labute approximate surface area is 369 Å². The first-order valence-corrected chi connectivity index (χ1v) is 20.7. The molecule has 1 aliphatic rings. The standard InChI is InChI=1S/C56H50N4O/c1-55(2,3)40-30-31-57-53(34-40)60-49-25-14-13-22-47(49)48-29-28-43(36-52(48)60)61-44-33-41(56(4,5)6)32-42(35-44)58-37-59(51-27-16-15-26-50(51)58)54-45(38-18-9-7-10-19-38)23-17-24-46(54)39-20-11-8-12-21-39/h7-36H,37H2,1-6H3/i13D,14D,17D,22D,23D,24D,25D. The zero-order chi connectivity index (χ0) is 48.0. The van der Waals surface area contributed by atoms with Crippen molar-refractivity contribution in [1.29, 1.82) is 0 Å². The maximum Gasteiger partial charge on any atom is 0.137 e. The molecule has 5 heteroatoms. The average molecular weight is 802 g/mol. The molecule has 0 unspecified atom stereocenters. The van der Waals surface area contributed by atoms with Gasteiger partial charge in [0.1, 0.15) is 24.0 Å². The highest BCUT2D eigenvalue weighted by Crippen LogP contribution is 2.51. The van der Waals surface area contributed by atoms with Gasteiger partial charge in [0.2, 0.25) is 0 Å². The van der Waals surface area contributed by atoms with Crippen LogP contribution >= 0.6 is 0 Å². The molecular formula is C56H50N4O. The van der Waals surface area contributed by atoms with Crippen molar-refractivity contribution < 1.29 is 14.3 Å². The van der Waals surface area contributed by atoms with E-state index in [4.69, 9.17) is 16.6 Å². The number of hydrogen-bond acceptors (Lipinski definition) is 4. The molecule has 0 fully saturated rings. The molecule has 7 aromatic carbocycles. The second-order valence-corrected chi connectivity index (χ2v) is 17.7. The maximum atomic E-state index is 9.38. The average Bonchev–Trinajstić information content (AvgIpc) is 3.88. The highest BCUT2D eigenvalue weighted by Gasteiger charge is 2.32. The lowest BCUT2D eigenvalue weighted by atomic mass is 9.86. The van der Waals surface area contributed by atoms with Gasteiger partial charge in [-0.15, -0.1) is 0 Å². The van der Waals surface area contributed by atoms with Gasteiger partial charge in [0.05, 0.1) is 37.7 Å². The van der Waals surface area contributed by atoms with Crippen molar-refractivity contribution in [2.75, 3.05) is 16.5 Å². The quantitative estimate of drug-likeness (QED) is 0.161. The summed E-state index contributed by atoms with van der Waals surface area (Å²) in [7, 11) is 0. The van der Waals surface area contributed by atoms with Crippen LogP contribution in [0.1, 0.15) is 62.3 Å². The molecule has 9 aromatic rings. The predicted octanol–water partition coefficient (Wildman–Crippen LogP) is 15.1. The fourth-order valence-corrected chi connectivity index (χ4v) is 8.30. The van der Waals surface area contributed by atoms with Crippen LogP contribution < -0.4 is 14.5 Å². The first-order chi connectivity index (χ1) is 32.4. The van der Waals surface area contributed by atoms with Crippen LogP contribution in [0.3, 0.4) is 0 Å². The third kappa shape index (κ3) is 7.00. The largest absolute Gasteiger partial charge is 0.457 e. The summed E-state index contributed by atoms with van der Waals surface area (Å²) in [6.45, 7) is 13.2. The molecule has 0 saturated heterocycles. The van der Waals surface area contributed by atoms with Crippen LogP contribution in [0.15, 0.2) is 182 Å². The van der Waals surface area contributed by atoms with Gasteiger partial charge in [-0.3, -0.25) is 4.57 Å². The summed E-state index contributed by atoms with van der Waals surface area (Å²) >= 11 is 0. The number of aromatic nitrogens is 2. The summed E-state index contributed by atoms with van der Waals surface area (Å²) in [4.78, 5) is 9.15. The molecule has 0 bridgehead atoms. The van der Waals surface area contributed by atoms with Gasteiger partial charge >= 0.3 is 0 Å². The fourth-order valence-electron chi connectivity index (χ4n) is 8.30. The molecule has 0 atom stereocenters. The minimum atomic E-state index is -0.315. The van der Waals surface area contributed by atoms with Gasteiger partial charge in [0, 0.05) is 45.9 Å². The number of rotatable bonds is 7. The Morgan fingerprint density at radius 2 is 1.18 bits per heavy atom. The maximum absolute atomic E-state index is 9.38. The highest BCUT2D eigenvalue weighted by atomic mass is 16.5. The highest BCUT2D eigenvalue weighted by molar-refractivity contribution is 6.09. The van der Waals surface area contributed by atoms with Crippen LogP contribution in [0.2, 0.25) is 0 Å². The first-order valence-electron chi connectivity index (χ1n) is 24.2. The molecule has 300 valence electrons. The van der Waals surface area contributed by atoms with E-state index in [9.17, 15) is 2.74 Å². The van der Waals surface area contributed by atoms with Crippen LogP contribution in [0.5, 0.6) is 11.5 Å². The van der Waals surface area contributed by atoms with Crippen molar-refractivity contribution in [2.45, 2.75) is 52.4 Å². The van der Waals surface area contributed by atoms with Gasteiger partial charge in [0.25, 0.3) is 0 Å². The number of benzene rings is 7. The second-order valence-electron chi connectivity index (χ2n) is 17.7. The summed E-state index contributed by atoms with van der Waals surface area (Å²) in [5.74, 6) is 1.62. The molecule has 2 aromatic heterocycles. The predicted molar refractivity (Wildman–Crippen MR) is 255 cm³/mol. The molecule has 0 spiro atoms. The van der Waals surface area contributed by atoms with Gasteiger partial charge in [0.15, 0.2) is 0 Å².